The van der Waals surface area contributed by atoms with Crippen LogP contribution in [0, 0.1) is 6.92 Å². The summed E-state index contributed by atoms with van der Waals surface area (Å²) < 4.78 is 10.4. The molecule has 0 aliphatic rings. The summed E-state index contributed by atoms with van der Waals surface area (Å²) in [7, 11) is 0. The van der Waals surface area contributed by atoms with Gasteiger partial charge >= 0.3 is 11.6 Å². The van der Waals surface area contributed by atoms with Crippen LogP contribution in [0.4, 0.5) is 0 Å². The number of benzene rings is 1. The summed E-state index contributed by atoms with van der Waals surface area (Å²) in [5, 5.41) is 13.9. The smallest absolute Gasteiger partial charge is 0.336 e. The molecule has 0 saturated carbocycles. The summed E-state index contributed by atoms with van der Waals surface area (Å²) in [4.78, 5) is 45.2. The minimum Gasteiger partial charge on any atom is -0.484 e. The molecule has 1 aromatic carbocycles. The van der Waals surface area contributed by atoms with Crippen molar-refractivity contribution >= 4 is 28.8 Å². The van der Waals surface area contributed by atoms with Gasteiger partial charge in [-0.15, -0.1) is 0 Å². The summed E-state index contributed by atoms with van der Waals surface area (Å²) in [5.41, 5.74) is 0.628. The molecule has 1 heterocycles. The van der Waals surface area contributed by atoms with Gasteiger partial charge in [0, 0.05) is 17.5 Å². The molecule has 2 aromatic rings. The Balaban J connectivity index is 1.87. The van der Waals surface area contributed by atoms with E-state index >= 15 is 0 Å². The lowest BCUT2D eigenvalue weighted by atomic mass is 10.1. The van der Waals surface area contributed by atoms with Gasteiger partial charge < -0.3 is 24.9 Å². The van der Waals surface area contributed by atoms with Crippen molar-refractivity contribution in [3.05, 3.63) is 40.2 Å². The van der Waals surface area contributed by atoms with E-state index in [9.17, 15) is 19.2 Å². The van der Waals surface area contributed by atoms with Crippen molar-refractivity contribution in [2.75, 3.05) is 13.2 Å². The maximum Gasteiger partial charge on any atom is 0.336 e. The highest BCUT2D eigenvalue weighted by Crippen LogP contribution is 2.22. The Morgan fingerprint density at radius 1 is 1.23 bits per heavy atom. The number of carboxylic acid groups (broad SMARTS) is 1. The molecule has 0 radical (unpaired) electrons. The average Bonchev–Trinajstić information content (AvgIpc) is 2.57. The molecule has 138 valence electrons. The van der Waals surface area contributed by atoms with Gasteiger partial charge in [-0.05, 0) is 31.5 Å². The Morgan fingerprint density at radius 3 is 2.65 bits per heavy atom. The summed E-state index contributed by atoms with van der Waals surface area (Å²) in [6, 6.07) is 5.17. The second kappa shape index (κ2) is 8.15. The molecule has 2 rings (SSSR count). The molecule has 0 aliphatic heterocycles. The molecule has 0 aliphatic carbocycles. The number of aliphatic carboxylic acids is 1. The van der Waals surface area contributed by atoms with Crippen molar-refractivity contribution < 1.29 is 28.6 Å². The highest BCUT2D eigenvalue weighted by Gasteiger charge is 2.14. The van der Waals surface area contributed by atoms with Gasteiger partial charge in [0.2, 0.25) is 5.91 Å². The first-order valence-corrected chi connectivity index (χ1v) is 7.72. The zero-order valence-corrected chi connectivity index (χ0v) is 14.2. The van der Waals surface area contributed by atoms with Crippen molar-refractivity contribution in [2.24, 2.45) is 0 Å². The number of ether oxygens (including phenoxy) is 1. The van der Waals surface area contributed by atoms with Crippen molar-refractivity contribution in [2.45, 2.75) is 19.9 Å². The Morgan fingerprint density at radius 2 is 1.96 bits per heavy atom. The second-order valence-corrected chi connectivity index (χ2v) is 5.60. The van der Waals surface area contributed by atoms with Gasteiger partial charge in [0.05, 0.1) is 6.54 Å². The van der Waals surface area contributed by atoms with Crippen LogP contribution in [0.15, 0.2) is 33.5 Å². The lowest BCUT2D eigenvalue weighted by Gasteiger charge is -2.10. The van der Waals surface area contributed by atoms with Crippen LogP contribution in [0.1, 0.15) is 12.5 Å². The van der Waals surface area contributed by atoms with Gasteiger partial charge in [0.1, 0.15) is 17.4 Å². The zero-order chi connectivity index (χ0) is 19.3. The molecule has 9 heteroatoms. The molecule has 1 atom stereocenters. The first-order valence-electron chi connectivity index (χ1n) is 7.72. The van der Waals surface area contributed by atoms with E-state index in [-0.39, 0.29) is 13.2 Å². The third kappa shape index (κ3) is 5.07. The monoisotopic (exact) mass is 362 g/mol. The van der Waals surface area contributed by atoms with E-state index in [4.69, 9.17) is 14.3 Å². The van der Waals surface area contributed by atoms with E-state index in [0.29, 0.717) is 11.3 Å². The van der Waals surface area contributed by atoms with Crippen LogP contribution in [0.3, 0.4) is 0 Å². The van der Waals surface area contributed by atoms with Crippen molar-refractivity contribution in [1.82, 2.24) is 10.6 Å². The lowest BCUT2D eigenvalue weighted by molar-refractivity contribution is -0.141. The van der Waals surface area contributed by atoms with E-state index in [1.807, 2.05) is 0 Å². The number of carbonyl (C=O) groups is 3. The van der Waals surface area contributed by atoms with E-state index in [1.54, 1.807) is 19.1 Å². The Bertz CT molecular complexity index is 904. The maximum absolute atomic E-state index is 11.7. The van der Waals surface area contributed by atoms with Crippen LogP contribution in [-0.4, -0.2) is 42.1 Å². The van der Waals surface area contributed by atoms with E-state index < -0.39 is 29.5 Å². The van der Waals surface area contributed by atoms with Gasteiger partial charge in [-0.2, -0.15) is 0 Å². The van der Waals surface area contributed by atoms with E-state index in [0.717, 1.165) is 10.9 Å². The van der Waals surface area contributed by atoms with Gasteiger partial charge in [-0.1, -0.05) is 0 Å². The highest BCUT2D eigenvalue weighted by atomic mass is 16.5. The van der Waals surface area contributed by atoms with E-state index in [2.05, 4.69) is 10.6 Å². The lowest BCUT2D eigenvalue weighted by Crippen LogP contribution is -2.44. The Kier molecular flexibility index (Phi) is 5.94. The minimum atomic E-state index is -1.17. The van der Waals surface area contributed by atoms with Crippen LogP contribution < -0.4 is 21.0 Å². The number of rotatable bonds is 7. The Labute approximate surface area is 147 Å². The molecule has 0 saturated heterocycles. The standard InChI is InChI=1S/C17H18N2O7/c1-9-5-16(22)26-13-6-11(3-4-12(9)13)25-8-15(21)18-7-14(20)19-10(2)17(23)24/h3-6,10H,7-8H2,1-2H3,(H,18,21)(H,19,20)(H,23,24)/t10-/m0/s1. The van der Waals surface area contributed by atoms with E-state index in [1.165, 1.54) is 19.1 Å². The van der Waals surface area contributed by atoms with Crippen LogP contribution in [0.25, 0.3) is 11.0 Å². The first-order chi connectivity index (χ1) is 12.3. The third-order valence-corrected chi connectivity index (χ3v) is 3.49. The minimum absolute atomic E-state index is 0.324. The average molecular weight is 362 g/mol. The van der Waals surface area contributed by atoms with Crippen molar-refractivity contribution in [3.8, 4) is 5.75 Å². The van der Waals surface area contributed by atoms with Crippen molar-refractivity contribution in [1.29, 1.82) is 0 Å². The summed E-state index contributed by atoms with van der Waals surface area (Å²) in [5.74, 6) is -2.04. The van der Waals surface area contributed by atoms with Gasteiger partial charge in [-0.3, -0.25) is 14.4 Å². The molecule has 2 amide bonds. The second-order valence-electron chi connectivity index (χ2n) is 5.60. The normalized spacial score (nSPS) is 11.6. The van der Waals surface area contributed by atoms with Crippen molar-refractivity contribution in [3.63, 3.8) is 0 Å². The fourth-order valence-electron chi connectivity index (χ4n) is 2.13. The number of hydrogen-bond acceptors (Lipinski definition) is 6. The number of fused-ring (bicyclic) bond motifs is 1. The van der Waals surface area contributed by atoms with Crippen LogP contribution in [0.5, 0.6) is 5.75 Å². The Hall–Kier alpha value is -3.36. The summed E-state index contributed by atoms with van der Waals surface area (Å²) in [6.07, 6.45) is 0. The molecule has 0 bridgehead atoms. The number of aryl methyl sites for hydroxylation is 1. The van der Waals surface area contributed by atoms with Crippen LogP contribution >= 0.6 is 0 Å². The van der Waals surface area contributed by atoms with Crippen LogP contribution in [-0.2, 0) is 14.4 Å². The first kappa shape index (κ1) is 19.0. The predicted molar refractivity (Wildman–Crippen MR) is 91.0 cm³/mol. The topological polar surface area (TPSA) is 135 Å². The van der Waals surface area contributed by atoms with Gasteiger partial charge in [-0.25, -0.2) is 4.79 Å². The largest absolute Gasteiger partial charge is 0.484 e. The molecular weight excluding hydrogens is 344 g/mol. The molecule has 3 N–H and O–H groups in total. The number of carboxylic acids is 1. The molecule has 0 spiro atoms. The summed E-state index contributed by atoms with van der Waals surface area (Å²) in [6.45, 7) is 2.36. The van der Waals surface area contributed by atoms with Gasteiger partial charge in [0.25, 0.3) is 5.91 Å². The molecule has 9 nitrogen and oxygen atoms in total. The number of nitrogens with one attached hydrogen (secondary N) is 2. The molecular formula is C17H18N2O7. The molecule has 0 unspecified atom stereocenters. The molecule has 0 fully saturated rings. The SMILES string of the molecule is Cc1cc(=O)oc2cc(OCC(=O)NCC(=O)N[C@@H](C)C(=O)O)ccc12. The summed E-state index contributed by atoms with van der Waals surface area (Å²) >= 11 is 0. The van der Waals surface area contributed by atoms with Crippen LogP contribution in [0.2, 0.25) is 0 Å². The fraction of sp³-hybridized carbons (Fsp3) is 0.294. The van der Waals surface area contributed by atoms with Gasteiger partial charge in [0.15, 0.2) is 6.61 Å². The quantitative estimate of drug-likeness (QED) is 0.598. The maximum atomic E-state index is 11.7. The predicted octanol–water partition coefficient (Wildman–Crippen LogP) is 0.186. The number of carbonyl (C=O) groups excluding carboxylic acids is 2. The highest BCUT2D eigenvalue weighted by molar-refractivity contribution is 5.88. The third-order valence-electron chi connectivity index (χ3n) is 3.49. The number of hydrogen-bond donors (Lipinski definition) is 3. The molecule has 26 heavy (non-hydrogen) atoms. The fourth-order valence-corrected chi connectivity index (χ4v) is 2.13. The molecule has 1 aromatic heterocycles. The number of amides is 2. The zero-order valence-electron chi connectivity index (χ0n) is 14.2.